The highest BCUT2D eigenvalue weighted by Gasteiger charge is 2.22. The van der Waals surface area contributed by atoms with Gasteiger partial charge >= 0.3 is 11.7 Å². The Labute approximate surface area is 89.0 Å². The number of carbonyl (C=O) groups excluding carboxylic acids is 1. The van der Waals surface area contributed by atoms with Crippen molar-refractivity contribution < 1.29 is 18.8 Å². The van der Waals surface area contributed by atoms with Crippen molar-refractivity contribution in [1.82, 2.24) is 0 Å². The molecule has 0 aromatic heterocycles. The molecule has 1 rings (SSSR count). The average Bonchev–Trinajstić information content (AvgIpc) is 2.27. The molecule has 0 saturated carbocycles. The van der Waals surface area contributed by atoms with E-state index in [0.29, 0.717) is 12.1 Å². The molecule has 0 N–H and O–H groups in total. The smallest absolute Gasteiger partial charge is 0.339 e. The van der Waals surface area contributed by atoms with Crippen molar-refractivity contribution in [3.8, 4) is 6.07 Å². The number of nitriles is 1. The van der Waals surface area contributed by atoms with Crippen molar-refractivity contribution in [3.63, 3.8) is 0 Å². The van der Waals surface area contributed by atoms with E-state index in [2.05, 4.69) is 4.74 Å². The van der Waals surface area contributed by atoms with E-state index in [4.69, 9.17) is 5.26 Å². The Morgan fingerprint density at radius 1 is 1.62 bits per heavy atom. The van der Waals surface area contributed by atoms with Gasteiger partial charge in [0, 0.05) is 6.07 Å². The summed E-state index contributed by atoms with van der Waals surface area (Å²) in [6, 6.07) is 2.86. The summed E-state index contributed by atoms with van der Waals surface area (Å²) in [5.74, 6) is -2.10. The second-order valence-electron chi connectivity index (χ2n) is 2.71. The number of carbonyl (C=O) groups is 1. The van der Waals surface area contributed by atoms with E-state index < -0.39 is 22.4 Å². The zero-order valence-corrected chi connectivity index (χ0v) is 8.06. The topological polar surface area (TPSA) is 93.2 Å². The molecule has 0 aliphatic heterocycles. The van der Waals surface area contributed by atoms with Crippen molar-refractivity contribution in [2.75, 3.05) is 7.11 Å². The van der Waals surface area contributed by atoms with Gasteiger partial charge in [-0.05, 0) is 6.07 Å². The predicted molar refractivity (Wildman–Crippen MR) is 49.1 cm³/mol. The Morgan fingerprint density at radius 2 is 2.25 bits per heavy atom. The van der Waals surface area contributed by atoms with Crippen LogP contribution in [0.3, 0.4) is 0 Å². The average molecular weight is 224 g/mol. The Hall–Kier alpha value is -2.49. The quantitative estimate of drug-likeness (QED) is 0.430. The Balaban J connectivity index is 3.48. The van der Waals surface area contributed by atoms with Crippen LogP contribution in [0.2, 0.25) is 0 Å². The zero-order valence-electron chi connectivity index (χ0n) is 8.06. The molecular formula is C9H5FN2O4. The summed E-state index contributed by atoms with van der Waals surface area (Å²) in [4.78, 5) is 20.6. The first-order chi connectivity index (χ1) is 7.51. The summed E-state index contributed by atoms with van der Waals surface area (Å²) in [6.45, 7) is 0. The lowest BCUT2D eigenvalue weighted by Crippen LogP contribution is -2.06. The third-order valence-corrected chi connectivity index (χ3v) is 1.81. The molecule has 6 nitrogen and oxygen atoms in total. The van der Waals surface area contributed by atoms with Crippen LogP contribution < -0.4 is 0 Å². The molecule has 1 aromatic carbocycles. The minimum Gasteiger partial charge on any atom is -0.465 e. The van der Waals surface area contributed by atoms with Gasteiger partial charge in [-0.25, -0.2) is 4.79 Å². The molecule has 0 bridgehead atoms. The van der Waals surface area contributed by atoms with E-state index in [1.54, 1.807) is 6.07 Å². The molecule has 0 aliphatic rings. The minimum absolute atomic E-state index is 0.310. The molecule has 0 heterocycles. The molecule has 0 atom stereocenters. The molecule has 16 heavy (non-hydrogen) atoms. The maximum absolute atomic E-state index is 13.1. The van der Waals surface area contributed by atoms with E-state index in [1.165, 1.54) is 0 Å². The van der Waals surface area contributed by atoms with Gasteiger partial charge in [0.1, 0.15) is 6.07 Å². The number of nitro benzene ring substituents is 1. The summed E-state index contributed by atoms with van der Waals surface area (Å²) in [6.07, 6.45) is 0. The van der Waals surface area contributed by atoms with E-state index in [9.17, 15) is 19.3 Å². The van der Waals surface area contributed by atoms with Gasteiger partial charge in [-0.15, -0.1) is 0 Å². The SMILES string of the molecule is COC(=O)c1cc([N+](=O)[O-])c(F)cc1C#N. The molecule has 0 amide bonds. The number of benzene rings is 1. The van der Waals surface area contributed by atoms with Gasteiger partial charge in [-0.1, -0.05) is 0 Å². The number of ether oxygens (including phenoxy) is 1. The number of nitrogens with zero attached hydrogens (tertiary/aromatic N) is 2. The van der Waals surface area contributed by atoms with Crippen LogP contribution in [0.4, 0.5) is 10.1 Å². The van der Waals surface area contributed by atoms with Gasteiger partial charge < -0.3 is 4.74 Å². The minimum atomic E-state index is -1.17. The fourth-order valence-electron chi connectivity index (χ4n) is 1.07. The standard InChI is InChI=1S/C9H5FN2O4/c1-16-9(13)6-3-8(12(14)15)7(10)2-5(6)4-11/h2-3H,1H3. The summed E-state index contributed by atoms with van der Waals surface area (Å²) >= 11 is 0. The number of esters is 1. The Morgan fingerprint density at radius 3 is 2.69 bits per heavy atom. The predicted octanol–water partition coefficient (Wildman–Crippen LogP) is 1.39. The third-order valence-electron chi connectivity index (χ3n) is 1.81. The van der Waals surface area contributed by atoms with Crippen LogP contribution >= 0.6 is 0 Å². The first kappa shape index (κ1) is 11.6. The molecule has 0 fully saturated rings. The van der Waals surface area contributed by atoms with Crippen molar-refractivity contribution in [2.24, 2.45) is 0 Å². The van der Waals surface area contributed by atoms with Gasteiger partial charge in [0.25, 0.3) is 0 Å². The molecule has 7 heteroatoms. The fourth-order valence-corrected chi connectivity index (χ4v) is 1.07. The molecule has 1 aromatic rings. The van der Waals surface area contributed by atoms with Gasteiger partial charge in [0.05, 0.1) is 23.2 Å². The molecule has 0 spiro atoms. The molecule has 0 radical (unpaired) electrons. The summed E-state index contributed by atoms with van der Waals surface area (Å²) in [5.41, 5.74) is -1.52. The van der Waals surface area contributed by atoms with Crippen molar-refractivity contribution in [3.05, 3.63) is 39.2 Å². The van der Waals surface area contributed by atoms with Crippen LogP contribution in [0, 0.1) is 27.3 Å². The van der Waals surface area contributed by atoms with E-state index in [1.807, 2.05) is 0 Å². The molecule has 82 valence electrons. The van der Waals surface area contributed by atoms with Crippen LogP contribution in [0.1, 0.15) is 15.9 Å². The summed E-state index contributed by atoms with van der Waals surface area (Å²) in [5, 5.41) is 19.0. The zero-order chi connectivity index (χ0) is 12.3. The number of hydrogen-bond donors (Lipinski definition) is 0. The normalized spacial score (nSPS) is 9.31. The van der Waals surface area contributed by atoms with Crippen LogP contribution in [-0.2, 0) is 4.74 Å². The maximum atomic E-state index is 13.1. The van der Waals surface area contributed by atoms with Crippen LogP contribution in [0.25, 0.3) is 0 Å². The largest absolute Gasteiger partial charge is 0.465 e. The number of nitro groups is 1. The van der Waals surface area contributed by atoms with Crippen molar-refractivity contribution in [2.45, 2.75) is 0 Å². The number of halogens is 1. The van der Waals surface area contributed by atoms with Crippen molar-refractivity contribution >= 4 is 11.7 Å². The van der Waals surface area contributed by atoms with Gasteiger partial charge in [0.15, 0.2) is 0 Å². The number of hydrogen-bond acceptors (Lipinski definition) is 5. The van der Waals surface area contributed by atoms with Crippen LogP contribution in [0.5, 0.6) is 0 Å². The number of rotatable bonds is 2. The lowest BCUT2D eigenvalue weighted by Gasteiger charge is -2.02. The van der Waals surface area contributed by atoms with Gasteiger partial charge in [0.2, 0.25) is 5.82 Å². The highest BCUT2D eigenvalue weighted by Crippen LogP contribution is 2.22. The highest BCUT2D eigenvalue weighted by atomic mass is 19.1. The van der Waals surface area contributed by atoms with Crippen LogP contribution in [-0.4, -0.2) is 18.0 Å². The maximum Gasteiger partial charge on any atom is 0.339 e. The Kier molecular flexibility index (Phi) is 3.15. The van der Waals surface area contributed by atoms with Gasteiger partial charge in [-0.3, -0.25) is 10.1 Å². The third kappa shape index (κ3) is 1.95. The summed E-state index contributed by atoms with van der Waals surface area (Å²) in [7, 11) is 1.05. The van der Waals surface area contributed by atoms with Crippen molar-refractivity contribution in [1.29, 1.82) is 5.26 Å². The second-order valence-corrected chi connectivity index (χ2v) is 2.71. The lowest BCUT2D eigenvalue weighted by atomic mass is 10.1. The monoisotopic (exact) mass is 224 g/mol. The Bertz CT molecular complexity index is 507. The number of methoxy groups -OCH3 is 1. The summed E-state index contributed by atoms with van der Waals surface area (Å²) < 4.78 is 17.4. The molecule has 0 aliphatic carbocycles. The van der Waals surface area contributed by atoms with E-state index >= 15 is 0 Å². The second kappa shape index (κ2) is 4.35. The van der Waals surface area contributed by atoms with E-state index in [0.717, 1.165) is 7.11 Å². The first-order valence-electron chi connectivity index (χ1n) is 3.97. The molecule has 0 saturated heterocycles. The molecule has 0 unspecified atom stereocenters. The van der Waals surface area contributed by atoms with Crippen LogP contribution in [0.15, 0.2) is 12.1 Å². The lowest BCUT2D eigenvalue weighted by molar-refractivity contribution is -0.387. The highest BCUT2D eigenvalue weighted by molar-refractivity contribution is 5.92. The fraction of sp³-hybridized carbons (Fsp3) is 0.111. The van der Waals surface area contributed by atoms with Gasteiger partial charge in [-0.2, -0.15) is 9.65 Å². The molecular weight excluding hydrogens is 219 g/mol. The first-order valence-corrected chi connectivity index (χ1v) is 3.97. The van der Waals surface area contributed by atoms with E-state index in [-0.39, 0.29) is 11.1 Å².